The van der Waals surface area contributed by atoms with E-state index < -0.39 is 0 Å². The van der Waals surface area contributed by atoms with Gasteiger partial charge in [0.2, 0.25) is 0 Å². The summed E-state index contributed by atoms with van der Waals surface area (Å²) in [5.41, 5.74) is 8.21. The highest BCUT2D eigenvalue weighted by Crippen LogP contribution is 2.64. The standard InChI is InChI=1S/C33H36O/c34-31-29-12-25-11-26(32-13-19-5-20(14-32)7-21(6-19)15-32)1-2-27(25)28(29)3-4-30(31)33-16-22-8-23(17-33)10-24(9-22)18-33/h1-4,11-12,19-24H,5-10,13-18H2. The molecule has 0 atom stereocenters. The third-order valence-electron chi connectivity index (χ3n) is 12.1. The van der Waals surface area contributed by atoms with Crippen molar-refractivity contribution >= 4 is 17.4 Å². The Balaban J connectivity index is 1.08. The first-order valence-corrected chi connectivity index (χ1v) is 14.4. The van der Waals surface area contributed by atoms with Gasteiger partial charge >= 0.3 is 0 Å². The molecule has 0 heterocycles. The zero-order valence-electron chi connectivity index (χ0n) is 20.3. The van der Waals surface area contributed by atoms with E-state index in [0.717, 1.165) is 41.1 Å². The second kappa shape index (κ2) is 6.26. The van der Waals surface area contributed by atoms with E-state index in [1.165, 1.54) is 99.3 Å². The maximum Gasteiger partial charge on any atom is 0.190 e. The Morgan fingerprint density at radius 3 is 1.71 bits per heavy atom. The smallest absolute Gasteiger partial charge is 0.190 e. The molecule has 0 aliphatic heterocycles. The SMILES string of the molecule is O=C1C2=Cc3cc(C45CC6CC(CC(C6)C4)C5)ccc3C2=CC=C1C12CC3CC(CC(C3)C1)C2. The normalized spacial score (nSPS) is 46.8. The molecule has 8 saturated carbocycles. The van der Waals surface area contributed by atoms with Crippen molar-refractivity contribution in [3.05, 3.63) is 58.2 Å². The van der Waals surface area contributed by atoms with E-state index in [1.54, 1.807) is 5.56 Å². The zero-order valence-corrected chi connectivity index (χ0v) is 20.3. The molecule has 0 aromatic heterocycles. The van der Waals surface area contributed by atoms with Crippen LogP contribution >= 0.6 is 0 Å². The number of allylic oxidation sites excluding steroid dienone is 5. The summed E-state index contributed by atoms with van der Waals surface area (Å²) < 4.78 is 0. The highest BCUT2D eigenvalue weighted by molar-refractivity contribution is 6.26. The molecule has 0 unspecified atom stereocenters. The van der Waals surface area contributed by atoms with Gasteiger partial charge in [-0.15, -0.1) is 0 Å². The van der Waals surface area contributed by atoms with Crippen LogP contribution in [0.15, 0.2) is 41.5 Å². The summed E-state index contributed by atoms with van der Waals surface area (Å²) in [7, 11) is 0. The van der Waals surface area contributed by atoms with E-state index in [2.05, 4.69) is 36.4 Å². The fourth-order valence-electron chi connectivity index (χ4n) is 11.7. The molecular weight excluding hydrogens is 412 g/mol. The van der Waals surface area contributed by atoms with Crippen LogP contribution in [0.3, 0.4) is 0 Å². The number of hydrogen-bond donors (Lipinski definition) is 0. The van der Waals surface area contributed by atoms with Crippen LogP contribution in [-0.4, -0.2) is 5.78 Å². The van der Waals surface area contributed by atoms with Gasteiger partial charge in [-0.3, -0.25) is 4.79 Å². The van der Waals surface area contributed by atoms with E-state index in [0.29, 0.717) is 11.2 Å². The predicted octanol–water partition coefficient (Wildman–Crippen LogP) is 7.66. The molecule has 174 valence electrons. The summed E-state index contributed by atoms with van der Waals surface area (Å²) in [6.07, 6.45) is 23.7. The number of carbonyl (C=O) groups is 1. The molecule has 10 aliphatic rings. The lowest BCUT2D eigenvalue weighted by Gasteiger charge is -2.57. The van der Waals surface area contributed by atoms with Crippen LogP contribution in [0.4, 0.5) is 0 Å². The third kappa shape index (κ3) is 2.45. The zero-order chi connectivity index (χ0) is 22.2. The van der Waals surface area contributed by atoms with Gasteiger partial charge in [0.25, 0.3) is 0 Å². The highest BCUT2D eigenvalue weighted by Gasteiger charge is 2.55. The van der Waals surface area contributed by atoms with Crippen LogP contribution in [0, 0.1) is 40.9 Å². The summed E-state index contributed by atoms with van der Waals surface area (Å²) in [5, 5.41) is 0. The topological polar surface area (TPSA) is 17.1 Å². The molecule has 8 fully saturated rings. The maximum atomic E-state index is 14.0. The van der Waals surface area contributed by atoms with Gasteiger partial charge < -0.3 is 0 Å². The van der Waals surface area contributed by atoms with Gasteiger partial charge in [-0.25, -0.2) is 0 Å². The average Bonchev–Trinajstić information content (AvgIpc) is 3.16. The molecule has 0 saturated heterocycles. The van der Waals surface area contributed by atoms with E-state index in [4.69, 9.17) is 0 Å². The maximum absolute atomic E-state index is 14.0. The van der Waals surface area contributed by atoms with E-state index in [-0.39, 0.29) is 5.41 Å². The van der Waals surface area contributed by atoms with Crippen molar-refractivity contribution in [1.29, 1.82) is 0 Å². The molecule has 0 N–H and O–H groups in total. The molecule has 10 aliphatic carbocycles. The van der Waals surface area contributed by atoms with Crippen LogP contribution in [0.25, 0.3) is 11.6 Å². The molecule has 0 amide bonds. The lowest BCUT2D eigenvalue weighted by Crippen LogP contribution is -2.48. The van der Waals surface area contributed by atoms with Crippen molar-refractivity contribution in [2.45, 2.75) is 82.5 Å². The molecule has 0 spiro atoms. The molecule has 8 bridgehead atoms. The van der Waals surface area contributed by atoms with Crippen molar-refractivity contribution < 1.29 is 4.79 Å². The number of carbonyl (C=O) groups excluding carboxylic acids is 1. The number of Topliss-reactive ketones (excluding diaryl/α,β-unsaturated/α-hetero) is 1. The van der Waals surface area contributed by atoms with Crippen LogP contribution in [0.5, 0.6) is 0 Å². The lowest BCUT2D eigenvalue weighted by molar-refractivity contribution is -0.115. The summed E-state index contributed by atoms with van der Waals surface area (Å²) in [6.45, 7) is 0. The van der Waals surface area contributed by atoms with E-state index >= 15 is 0 Å². The van der Waals surface area contributed by atoms with Gasteiger partial charge in [-0.1, -0.05) is 30.4 Å². The minimum Gasteiger partial charge on any atom is -0.289 e. The summed E-state index contributed by atoms with van der Waals surface area (Å²) >= 11 is 0. The molecule has 11 rings (SSSR count). The Kier molecular flexibility index (Phi) is 3.56. The van der Waals surface area contributed by atoms with Crippen molar-refractivity contribution in [1.82, 2.24) is 0 Å². The van der Waals surface area contributed by atoms with Gasteiger partial charge in [-0.2, -0.15) is 0 Å². The fourth-order valence-corrected chi connectivity index (χ4v) is 11.7. The van der Waals surface area contributed by atoms with Crippen molar-refractivity contribution in [3.63, 3.8) is 0 Å². The van der Waals surface area contributed by atoms with Crippen molar-refractivity contribution in [2.24, 2.45) is 40.9 Å². The Morgan fingerprint density at radius 2 is 1.15 bits per heavy atom. The fraction of sp³-hybridized carbons (Fsp3) is 0.606. The summed E-state index contributed by atoms with van der Waals surface area (Å²) in [6, 6.07) is 7.33. The first kappa shape index (κ1) is 19.3. The number of hydrogen-bond acceptors (Lipinski definition) is 1. The first-order valence-electron chi connectivity index (χ1n) is 14.4. The van der Waals surface area contributed by atoms with Gasteiger partial charge in [0.05, 0.1) is 0 Å². The average molecular weight is 449 g/mol. The Bertz CT molecular complexity index is 1160. The molecule has 34 heavy (non-hydrogen) atoms. The van der Waals surface area contributed by atoms with E-state index in [1.807, 2.05) is 0 Å². The quantitative estimate of drug-likeness (QED) is 0.454. The Labute approximate surface area is 203 Å². The number of fused-ring (bicyclic) bond motifs is 3. The molecular formula is C33H36O. The Morgan fingerprint density at radius 1 is 0.618 bits per heavy atom. The van der Waals surface area contributed by atoms with Crippen LogP contribution < -0.4 is 0 Å². The molecule has 0 radical (unpaired) electrons. The minimum atomic E-state index is 0.188. The number of ketones is 1. The largest absolute Gasteiger partial charge is 0.289 e. The van der Waals surface area contributed by atoms with Gasteiger partial charge in [0.1, 0.15) is 0 Å². The van der Waals surface area contributed by atoms with Crippen LogP contribution in [0.2, 0.25) is 0 Å². The monoisotopic (exact) mass is 448 g/mol. The van der Waals surface area contributed by atoms with Gasteiger partial charge in [-0.05, 0) is 152 Å². The molecule has 1 aromatic carbocycles. The summed E-state index contributed by atoms with van der Waals surface area (Å²) in [4.78, 5) is 14.0. The second-order valence-electron chi connectivity index (χ2n) is 14.2. The lowest BCUT2D eigenvalue weighted by atomic mass is 9.47. The first-order chi connectivity index (χ1) is 16.6. The van der Waals surface area contributed by atoms with Crippen LogP contribution in [0.1, 0.15) is 93.7 Å². The van der Waals surface area contributed by atoms with Crippen molar-refractivity contribution in [3.8, 4) is 0 Å². The predicted molar refractivity (Wildman–Crippen MR) is 136 cm³/mol. The number of rotatable bonds is 2. The minimum absolute atomic E-state index is 0.188. The second-order valence-corrected chi connectivity index (χ2v) is 14.2. The van der Waals surface area contributed by atoms with Gasteiger partial charge in [0, 0.05) is 11.1 Å². The third-order valence-corrected chi connectivity index (χ3v) is 12.1. The van der Waals surface area contributed by atoms with Crippen molar-refractivity contribution in [2.75, 3.05) is 0 Å². The highest BCUT2D eigenvalue weighted by atomic mass is 16.1. The number of benzene rings is 1. The van der Waals surface area contributed by atoms with Gasteiger partial charge in [0.15, 0.2) is 5.78 Å². The molecule has 1 aromatic rings. The summed E-state index contributed by atoms with van der Waals surface area (Å²) in [5.74, 6) is 5.91. The van der Waals surface area contributed by atoms with Crippen LogP contribution in [-0.2, 0) is 10.2 Å². The Hall–Kier alpha value is -1.89. The molecule has 1 heteroatoms. The van der Waals surface area contributed by atoms with E-state index in [9.17, 15) is 4.79 Å². The molecule has 1 nitrogen and oxygen atoms in total.